The van der Waals surface area contributed by atoms with Crippen molar-refractivity contribution in [3.63, 3.8) is 0 Å². The van der Waals surface area contributed by atoms with Gasteiger partial charge in [-0.25, -0.2) is 15.0 Å². The zero-order valence-corrected chi connectivity index (χ0v) is 13.2. The van der Waals surface area contributed by atoms with Crippen molar-refractivity contribution in [2.24, 2.45) is 0 Å². The second-order valence-electron chi connectivity index (χ2n) is 5.00. The number of rotatable bonds is 6. The van der Waals surface area contributed by atoms with Gasteiger partial charge in [-0.2, -0.15) is 0 Å². The van der Waals surface area contributed by atoms with Crippen molar-refractivity contribution < 1.29 is 4.79 Å². The van der Waals surface area contributed by atoms with Crippen LogP contribution < -0.4 is 10.6 Å². The number of carbonyl (C=O) groups excluding carboxylic acids is 1. The molecular weight excluding hydrogens is 306 g/mol. The van der Waals surface area contributed by atoms with Crippen molar-refractivity contribution in [2.75, 3.05) is 18.4 Å². The molecule has 0 unspecified atom stereocenters. The smallest absolute Gasteiger partial charge is 0.269 e. The Labute approximate surface area is 139 Å². The van der Waals surface area contributed by atoms with Crippen molar-refractivity contribution in [1.29, 1.82) is 0 Å². The van der Waals surface area contributed by atoms with Crippen LogP contribution in [-0.2, 0) is 0 Å². The molecule has 24 heavy (non-hydrogen) atoms. The standard InChI is InChI=1S/C16H17N7O/c1-12-17-8-9-23(12)15-10-14(21-11-22-15)19-6-7-20-16(24)13-4-2-3-5-18-13/h2-5,8-11H,6-7H2,1H3,(H,20,24)(H,19,21,22). The highest BCUT2D eigenvalue weighted by Crippen LogP contribution is 2.10. The van der Waals surface area contributed by atoms with Gasteiger partial charge in [-0.3, -0.25) is 14.3 Å². The topological polar surface area (TPSA) is 97.6 Å². The molecule has 3 rings (SSSR count). The summed E-state index contributed by atoms with van der Waals surface area (Å²) in [5.74, 6) is 2.07. The van der Waals surface area contributed by atoms with Crippen molar-refractivity contribution in [3.05, 3.63) is 60.7 Å². The normalized spacial score (nSPS) is 10.4. The summed E-state index contributed by atoms with van der Waals surface area (Å²) in [7, 11) is 0. The van der Waals surface area contributed by atoms with E-state index in [1.165, 1.54) is 6.33 Å². The molecule has 0 bridgehead atoms. The van der Waals surface area contributed by atoms with E-state index in [-0.39, 0.29) is 5.91 Å². The van der Waals surface area contributed by atoms with Crippen LogP contribution in [0.5, 0.6) is 0 Å². The van der Waals surface area contributed by atoms with Crippen LogP contribution in [0.1, 0.15) is 16.3 Å². The van der Waals surface area contributed by atoms with Crippen LogP contribution in [0.3, 0.4) is 0 Å². The third-order valence-corrected chi connectivity index (χ3v) is 3.34. The second kappa shape index (κ2) is 7.32. The molecule has 0 aliphatic rings. The summed E-state index contributed by atoms with van der Waals surface area (Å²) in [5, 5.41) is 5.95. The molecular formula is C16H17N7O. The maximum Gasteiger partial charge on any atom is 0.269 e. The molecule has 0 aliphatic heterocycles. The highest BCUT2D eigenvalue weighted by molar-refractivity contribution is 5.92. The van der Waals surface area contributed by atoms with Gasteiger partial charge in [-0.1, -0.05) is 6.07 Å². The van der Waals surface area contributed by atoms with Gasteiger partial charge < -0.3 is 10.6 Å². The van der Waals surface area contributed by atoms with E-state index >= 15 is 0 Å². The summed E-state index contributed by atoms with van der Waals surface area (Å²) in [6.07, 6.45) is 6.64. The Kier molecular flexibility index (Phi) is 4.76. The third-order valence-electron chi connectivity index (χ3n) is 3.34. The molecule has 0 radical (unpaired) electrons. The van der Waals surface area contributed by atoms with Gasteiger partial charge in [-0.05, 0) is 19.1 Å². The molecule has 3 aromatic heterocycles. The van der Waals surface area contributed by atoms with Crippen molar-refractivity contribution >= 4 is 11.7 Å². The van der Waals surface area contributed by atoms with Crippen molar-refractivity contribution in [2.45, 2.75) is 6.92 Å². The molecule has 2 N–H and O–H groups in total. The number of amides is 1. The quantitative estimate of drug-likeness (QED) is 0.662. The lowest BCUT2D eigenvalue weighted by Gasteiger charge is -2.09. The Hall–Kier alpha value is -3.29. The molecule has 122 valence electrons. The van der Waals surface area contributed by atoms with E-state index in [1.807, 2.05) is 23.8 Å². The zero-order chi connectivity index (χ0) is 16.8. The van der Waals surface area contributed by atoms with E-state index in [9.17, 15) is 4.79 Å². The molecule has 1 amide bonds. The summed E-state index contributed by atoms with van der Waals surface area (Å²) in [4.78, 5) is 28.4. The summed E-state index contributed by atoms with van der Waals surface area (Å²) in [5.41, 5.74) is 0.400. The monoisotopic (exact) mass is 323 g/mol. The number of nitrogens with zero attached hydrogens (tertiary/aromatic N) is 5. The van der Waals surface area contributed by atoms with Gasteiger partial charge in [0.15, 0.2) is 0 Å². The molecule has 0 saturated heterocycles. The predicted octanol–water partition coefficient (Wildman–Crippen LogP) is 1.21. The number of hydrogen-bond donors (Lipinski definition) is 2. The highest BCUT2D eigenvalue weighted by Gasteiger charge is 2.06. The van der Waals surface area contributed by atoms with Crippen LogP contribution in [0.15, 0.2) is 49.2 Å². The first-order valence-corrected chi connectivity index (χ1v) is 7.49. The maximum atomic E-state index is 11.9. The van der Waals surface area contributed by atoms with Gasteiger partial charge in [0.25, 0.3) is 5.91 Å². The van der Waals surface area contributed by atoms with E-state index in [0.29, 0.717) is 24.6 Å². The fourth-order valence-corrected chi connectivity index (χ4v) is 2.15. The zero-order valence-electron chi connectivity index (χ0n) is 13.2. The number of aromatic nitrogens is 5. The Balaban J connectivity index is 1.52. The summed E-state index contributed by atoms with van der Waals surface area (Å²) < 4.78 is 1.87. The second-order valence-corrected chi connectivity index (χ2v) is 5.00. The summed E-state index contributed by atoms with van der Waals surface area (Å²) in [6.45, 7) is 2.90. The molecule has 0 saturated carbocycles. The lowest BCUT2D eigenvalue weighted by Crippen LogP contribution is -2.29. The van der Waals surface area contributed by atoms with Gasteiger partial charge in [0, 0.05) is 37.7 Å². The molecule has 3 aromatic rings. The Morgan fingerprint density at radius 3 is 2.79 bits per heavy atom. The van der Waals surface area contributed by atoms with Crippen LogP contribution in [0, 0.1) is 6.92 Å². The first kappa shape index (κ1) is 15.6. The lowest BCUT2D eigenvalue weighted by atomic mass is 10.3. The summed E-state index contributed by atoms with van der Waals surface area (Å²) in [6, 6.07) is 7.05. The molecule has 0 fully saturated rings. The lowest BCUT2D eigenvalue weighted by molar-refractivity contribution is 0.0950. The first-order chi connectivity index (χ1) is 11.7. The minimum absolute atomic E-state index is 0.199. The number of carbonyl (C=O) groups is 1. The van der Waals surface area contributed by atoms with Gasteiger partial charge in [0.2, 0.25) is 0 Å². The predicted molar refractivity (Wildman–Crippen MR) is 89.0 cm³/mol. The molecule has 0 aliphatic carbocycles. The number of imidazole rings is 1. The molecule has 3 heterocycles. The molecule has 8 nitrogen and oxygen atoms in total. The fourth-order valence-electron chi connectivity index (χ4n) is 2.15. The van der Waals surface area contributed by atoms with Crippen LogP contribution in [0.25, 0.3) is 5.82 Å². The van der Waals surface area contributed by atoms with Crippen molar-refractivity contribution in [1.82, 2.24) is 29.8 Å². The van der Waals surface area contributed by atoms with E-state index < -0.39 is 0 Å². The number of pyridine rings is 1. The van der Waals surface area contributed by atoms with Gasteiger partial charge in [-0.15, -0.1) is 0 Å². The molecule has 0 atom stereocenters. The average Bonchev–Trinajstić information content (AvgIpc) is 3.05. The Morgan fingerprint density at radius 2 is 2.04 bits per heavy atom. The minimum Gasteiger partial charge on any atom is -0.368 e. The third kappa shape index (κ3) is 3.72. The first-order valence-electron chi connectivity index (χ1n) is 7.49. The molecule has 0 spiro atoms. The van der Waals surface area contributed by atoms with Crippen LogP contribution in [0.2, 0.25) is 0 Å². The number of aryl methyl sites for hydroxylation is 1. The van der Waals surface area contributed by atoms with E-state index in [2.05, 4.69) is 30.6 Å². The molecule has 8 heteroatoms. The Morgan fingerprint density at radius 1 is 1.12 bits per heavy atom. The van der Waals surface area contributed by atoms with Crippen molar-refractivity contribution in [3.8, 4) is 5.82 Å². The van der Waals surface area contributed by atoms with Crippen LogP contribution in [-0.4, -0.2) is 43.5 Å². The van der Waals surface area contributed by atoms with Gasteiger partial charge in [0.1, 0.15) is 29.5 Å². The van der Waals surface area contributed by atoms with E-state index in [0.717, 1.165) is 11.6 Å². The Bertz CT molecular complexity index is 816. The van der Waals surface area contributed by atoms with Crippen LogP contribution >= 0.6 is 0 Å². The number of hydrogen-bond acceptors (Lipinski definition) is 6. The number of anilines is 1. The van der Waals surface area contributed by atoms with Crippen LogP contribution in [0.4, 0.5) is 5.82 Å². The summed E-state index contributed by atoms with van der Waals surface area (Å²) >= 11 is 0. The van der Waals surface area contributed by atoms with E-state index in [1.54, 1.807) is 30.6 Å². The highest BCUT2D eigenvalue weighted by atomic mass is 16.1. The maximum absolute atomic E-state index is 11.9. The minimum atomic E-state index is -0.199. The average molecular weight is 323 g/mol. The largest absolute Gasteiger partial charge is 0.368 e. The number of nitrogens with one attached hydrogen (secondary N) is 2. The van der Waals surface area contributed by atoms with E-state index in [4.69, 9.17) is 0 Å². The molecule has 0 aromatic carbocycles. The fraction of sp³-hybridized carbons (Fsp3) is 0.188. The van der Waals surface area contributed by atoms with Gasteiger partial charge in [0.05, 0.1) is 0 Å². The SMILES string of the molecule is Cc1nccn1-c1cc(NCCNC(=O)c2ccccn2)ncn1. The van der Waals surface area contributed by atoms with Gasteiger partial charge >= 0.3 is 0 Å².